The van der Waals surface area contributed by atoms with Gasteiger partial charge in [-0.1, -0.05) is 40.5 Å². The molecule has 1 N–H and O–H groups in total. The molecule has 0 aromatic carbocycles. The molecule has 1 aliphatic carbocycles. The Bertz CT molecular complexity index is 217. The summed E-state index contributed by atoms with van der Waals surface area (Å²) in [7, 11) is 0. The van der Waals surface area contributed by atoms with Crippen LogP contribution in [0.1, 0.15) is 60.3 Å². The highest BCUT2D eigenvalue weighted by atomic mass is 16.5. The van der Waals surface area contributed by atoms with Crippen LogP contribution in [0.2, 0.25) is 0 Å². The molecular formula is C16H33NO. The third-order valence-electron chi connectivity index (χ3n) is 4.29. The summed E-state index contributed by atoms with van der Waals surface area (Å²) < 4.78 is 6.04. The van der Waals surface area contributed by atoms with E-state index in [0.29, 0.717) is 18.1 Å². The SMILES string of the molecule is CCNC(C1CCCC(C)C1)C(OCC)C(C)C. The molecule has 18 heavy (non-hydrogen) atoms. The first-order valence-electron chi connectivity index (χ1n) is 7.95. The number of ether oxygens (including phenoxy) is 1. The molecule has 0 aliphatic heterocycles. The van der Waals surface area contributed by atoms with Crippen LogP contribution in [0.25, 0.3) is 0 Å². The summed E-state index contributed by atoms with van der Waals surface area (Å²) >= 11 is 0. The number of nitrogens with one attached hydrogen (secondary N) is 1. The average Bonchev–Trinajstić information content (AvgIpc) is 2.33. The Morgan fingerprint density at radius 2 is 1.94 bits per heavy atom. The summed E-state index contributed by atoms with van der Waals surface area (Å²) in [5, 5.41) is 3.71. The summed E-state index contributed by atoms with van der Waals surface area (Å²) in [6.07, 6.45) is 5.91. The minimum absolute atomic E-state index is 0.366. The molecule has 108 valence electrons. The van der Waals surface area contributed by atoms with E-state index in [1.807, 2.05) is 0 Å². The monoisotopic (exact) mass is 255 g/mol. The third kappa shape index (κ3) is 4.55. The molecule has 1 rings (SSSR count). The highest BCUT2D eigenvalue weighted by Gasteiger charge is 2.33. The number of hydrogen-bond donors (Lipinski definition) is 1. The van der Waals surface area contributed by atoms with Gasteiger partial charge in [0.2, 0.25) is 0 Å². The van der Waals surface area contributed by atoms with Crippen molar-refractivity contribution in [3.63, 3.8) is 0 Å². The van der Waals surface area contributed by atoms with E-state index in [4.69, 9.17) is 4.74 Å². The fourth-order valence-corrected chi connectivity index (χ4v) is 3.50. The minimum Gasteiger partial charge on any atom is -0.377 e. The summed E-state index contributed by atoms with van der Waals surface area (Å²) in [5.41, 5.74) is 0. The Labute approximate surface area is 114 Å². The van der Waals surface area contributed by atoms with Crippen molar-refractivity contribution in [3.05, 3.63) is 0 Å². The lowest BCUT2D eigenvalue weighted by atomic mass is 9.75. The van der Waals surface area contributed by atoms with Gasteiger partial charge in [0.1, 0.15) is 0 Å². The Morgan fingerprint density at radius 3 is 2.44 bits per heavy atom. The molecule has 1 fully saturated rings. The first kappa shape index (κ1) is 16.0. The van der Waals surface area contributed by atoms with Crippen LogP contribution >= 0.6 is 0 Å². The molecule has 0 saturated heterocycles. The first-order chi connectivity index (χ1) is 8.60. The number of hydrogen-bond acceptors (Lipinski definition) is 2. The Hall–Kier alpha value is -0.0800. The molecule has 1 saturated carbocycles. The quantitative estimate of drug-likeness (QED) is 0.746. The molecule has 0 bridgehead atoms. The van der Waals surface area contributed by atoms with Crippen LogP contribution in [0, 0.1) is 17.8 Å². The lowest BCUT2D eigenvalue weighted by Gasteiger charge is -2.39. The molecular weight excluding hydrogens is 222 g/mol. The topological polar surface area (TPSA) is 21.3 Å². The molecule has 0 amide bonds. The van der Waals surface area contributed by atoms with Gasteiger partial charge in [-0.25, -0.2) is 0 Å². The van der Waals surface area contributed by atoms with E-state index in [-0.39, 0.29) is 0 Å². The van der Waals surface area contributed by atoms with Crippen LogP contribution in [-0.2, 0) is 4.74 Å². The summed E-state index contributed by atoms with van der Waals surface area (Å²) in [6.45, 7) is 13.2. The molecule has 0 radical (unpaired) electrons. The molecule has 2 nitrogen and oxygen atoms in total. The van der Waals surface area contributed by atoms with Gasteiger partial charge in [-0.15, -0.1) is 0 Å². The van der Waals surface area contributed by atoms with Gasteiger partial charge in [0.15, 0.2) is 0 Å². The normalized spacial score (nSPS) is 28.3. The van der Waals surface area contributed by atoms with Gasteiger partial charge >= 0.3 is 0 Å². The maximum atomic E-state index is 6.04. The summed E-state index contributed by atoms with van der Waals surface area (Å²) in [5.74, 6) is 2.28. The van der Waals surface area contributed by atoms with Crippen LogP contribution in [-0.4, -0.2) is 25.3 Å². The first-order valence-corrected chi connectivity index (χ1v) is 7.95. The summed E-state index contributed by atoms with van der Waals surface area (Å²) in [4.78, 5) is 0. The molecule has 4 unspecified atom stereocenters. The van der Waals surface area contributed by atoms with E-state index in [9.17, 15) is 0 Å². The van der Waals surface area contributed by atoms with Crippen LogP contribution in [0.5, 0.6) is 0 Å². The number of rotatable bonds is 7. The summed E-state index contributed by atoms with van der Waals surface area (Å²) in [6, 6.07) is 0.540. The molecule has 4 atom stereocenters. The zero-order valence-corrected chi connectivity index (χ0v) is 13.0. The smallest absolute Gasteiger partial charge is 0.0753 e. The van der Waals surface area contributed by atoms with E-state index in [2.05, 4.69) is 39.9 Å². The fraction of sp³-hybridized carbons (Fsp3) is 1.00. The molecule has 0 aromatic heterocycles. The van der Waals surface area contributed by atoms with Gasteiger partial charge in [-0.3, -0.25) is 0 Å². The van der Waals surface area contributed by atoms with Crippen molar-refractivity contribution in [2.45, 2.75) is 72.4 Å². The molecule has 1 aliphatic rings. The zero-order chi connectivity index (χ0) is 13.5. The lowest BCUT2D eigenvalue weighted by Crippen LogP contribution is -2.50. The zero-order valence-electron chi connectivity index (χ0n) is 13.0. The van der Waals surface area contributed by atoms with Crippen LogP contribution in [0.3, 0.4) is 0 Å². The van der Waals surface area contributed by atoms with Gasteiger partial charge < -0.3 is 10.1 Å². The molecule has 0 spiro atoms. The van der Waals surface area contributed by atoms with Crippen LogP contribution in [0.4, 0.5) is 0 Å². The largest absolute Gasteiger partial charge is 0.377 e. The van der Waals surface area contributed by atoms with E-state index in [1.54, 1.807) is 0 Å². The fourth-order valence-electron chi connectivity index (χ4n) is 3.50. The van der Waals surface area contributed by atoms with Gasteiger partial charge in [0.05, 0.1) is 6.10 Å². The third-order valence-corrected chi connectivity index (χ3v) is 4.29. The van der Waals surface area contributed by atoms with Crippen molar-refractivity contribution < 1.29 is 4.74 Å². The van der Waals surface area contributed by atoms with Crippen molar-refractivity contribution in [3.8, 4) is 0 Å². The van der Waals surface area contributed by atoms with E-state index < -0.39 is 0 Å². The van der Waals surface area contributed by atoms with E-state index in [1.165, 1.54) is 25.7 Å². The van der Waals surface area contributed by atoms with Gasteiger partial charge in [-0.05, 0) is 44.1 Å². The second kappa shape index (κ2) is 8.16. The van der Waals surface area contributed by atoms with Crippen molar-refractivity contribution in [1.29, 1.82) is 0 Å². The van der Waals surface area contributed by atoms with Gasteiger partial charge in [0.25, 0.3) is 0 Å². The predicted octanol–water partition coefficient (Wildman–Crippen LogP) is 3.85. The Kier molecular flexibility index (Phi) is 7.25. The van der Waals surface area contributed by atoms with E-state index in [0.717, 1.165) is 25.0 Å². The second-order valence-corrected chi connectivity index (χ2v) is 6.28. The van der Waals surface area contributed by atoms with Gasteiger partial charge in [0, 0.05) is 12.6 Å². The average molecular weight is 255 g/mol. The van der Waals surface area contributed by atoms with Crippen molar-refractivity contribution in [2.24, 2.45) is 17.8 Å². The number of likely N-dealkylation sites (N-methyl/N-ethyl adjacent to an activating group) is 1. The van der Waals surface area contributed by atoms with Crippen molar-refractivity contribution in [1.82, 2.24) is 5.32 Å². The minimum atomic E-state index is 0.366. The van der Waals surface area contributed by atoms with Crippen molar-refractivity contribution >= 4 is 0 Å². The van der Waals surface area contributed by atoms with Crippen molar-refractivity contribution in [2.75, 3.05) is 13.2 Å². The highest BCUT2D eigenvalue weighted by Crippen LogP contribution is 2.33. The Balaban J connectivity index is 2.71. The Morgan fingerprint density at radius 1 is 1.22 bits per heavy atom. The van der Waals surface area contributed by atoms with Crippen LogP contribution in [0.15, 0.2) is 0 Å². The molecule has 0 heterocycles. The maximum absolute atomic E-state index is 6.04. The molecule has 0 aromatic rings. The standard InChI is InChI=1S/C16H33NO/c1-6-17-15(16(12(3)4)18-7-2)14-10-8-9-13(5)11-14/h12-17H,6-11H2,1-5H3. The van der Waals surface area contributed by atoms with Crippen LogP contribution < -0.4 is 5.32 Å². The highest BCUT2D eigenvalue weighted by molar-refractivity contribution is 4.88. The predicted molar refractivity (Wildman–Crippen MR) is 78.8 cm³/mol. The molecule has 2 heteroatoms. The lowest BCUT2D eigenvalue weighted by molar-refractivity contribution is -0.0189. The second-order valence-electron chi connectivity index (χ2n) is 6.28. The van der Waals surface area contributed by atoms with Gasteiger partial charge in [-0.2, -0.15) is 0 Å². The maximum Gasteiger partial charge on any atom is 0.0753 e. The van der Waals surface area contributed by atoms with E-state index >= 15 is 0 Å².